The van der Waals surface area contributed by atoms with Gasteiger partial charge in [0.25, 0.3) is 11.8 Å². The molecule has 2 fully saturated rings. The number of hydroxylamine groups is 2. The number of benzene rings is 1. The van der Waals surface area contributed by atoms with E-state index in [-0.39, 0.29) is 73.0 Å². The molecule has 1 aromatic carbocycles. The van der Waals surface area contributed by atoms with Crippen LogP contribution in [0.1, 0.15) is 79.8 Å². The predicted molar refractivity (Wildman–Crippen MR) is 239 cm³/mol. The Balaban J connectivity index is 1.04. The fraction of sp³-hybridized carbons (Fsp3) is 0.438. The number of aryl methyl sites for hydroxylation is 2. The fourth-order valence-electron chi connectivity index (χ4n) is 9.45. The highest BCUT2D eigenvalue weighted by Crippen LogP contribution is 2.40. The molecular formula is C48H52F6N10O4. The molecular weight excluding hydrogens is 895 g/mol. The number of piperidine rings is 2. The van der Waals surface area contributed by atoms with Crippen LogP contribution in [0.2, 0.25) is 0 Å². The summed E-state index contributed by atoms with van der Waals surface area (Å²) in [6.07, 6.45) is 2.78. The predicted octanol–water partition coefficient (Wildman–Crippen LogP) is 9.18. The van der Waals surface area contributed by atoms with Crippen LogP contribution in [-0.2, 0) is 22.0 Å². The first-order valence-corrected chi connectivity index (χ1v) is 22.5. The van der Waals surface area contributed by atoms with E-state index >= 15 is 0 Å². The lowest BCUT2D eigenvalue weighted by Gasteiger charge is -2.47. The number of nitrogens with one attached hydrogen (secondary N) is 2. The third-order valence-electron chi connectivity index (χ3n) is 13.2. The van der Waals surface area contributed by atoms with Crippen molar-refractivity contribution < 1.29 is 45.3 Å². The second kappa shape index (κ2) is 19.1. The van der Waals surface area contributed by atoms with E-state index in [4.69, 9.17) is 9.36 Å². The number of aromatic nitrogens is 5. The van der Waals surface area contributed by atoms with Crippen molar-refractivity contribution in [3.63, 3.8) is 0 Å². The van der Waals surface area contributed by atoms with Crippen molar-refractivity contribution in [2.45, 2.75) is 91.3 Å². The summed E-state index contributed by atoms with van der Waals surface area (Å²) in [5.41, 5.74) is 2.09. The zero-order valence-electron chi connectivity index (χ0n) is 38.3. The van der Waals surface area contributed by atoms with Crippen LogP contribution in [0.5, 0.6) is 0 Å². The molecule has 6 atom stereocenters. The smallest absolute Gasteiger partial charge is 0.379 e. The minimum atomic E-state index is -4.62. The summed E-state index contributed by atoms with van der Waals surface area (Å²) in [6, 6.07) is 6.46. The average molecular weight is 947 g/mol. The van der Waals surface area contributed by atoms with E-state index in [0.717, 1.165) is 41.9 Å². The van der Waals surface area contributed by atoms with Crippen molar-refractivity contribution in [3.8, 4) is 11.5 Å². The highest BCUT2D eigenvalue weighted by atomic mass is 19.4. The number of hydrogen-bond acceptors (Lipinski definition) is 12. The number of nitrogens with zero attached hydrogens (tertiary/aromatic N) is 8. The second-order valence-corrected chi connectivity index (χ2v) is 17.9. The van der Waals surface area contributed by atoms with Gasteiger partial charge in [0.1, 0.15) is 5.82 Å². The van der Waals surface area contributed by atoms with Crippen LogP contribution in [0.4, 0.5) is 38.1 Å². The quantitative estimate of drug-likeness (QED) is 0.146. The van der Waals surface area contributed by atoms with Gasteiger partial charge in [-0.1, -0.05) is 54.4 Å². The molecule has 2 unspecified atom stereocenters. The Morgan fingerprint density at radius 1 is 0.824 bits per heavy atom. The van der Waals surface area contributed by atoms with E-state index in [2.05, 4.69) is 42.6 Å². The largest absolute Gasteiger partial charge is 0.419 e. The molecule has 14 nitrogen and oxygen atoms in total. The second-order valence-electron chi connectivity index (χ2n) is 17.9. The molecule has 0 radical (unpaired) electrons. The van der Waals surface area contributed by atoms with E-state index in [0.29, 0.717) is 53.6 Å². The van der Waals surface area contributed by atoms with Gasteiger partial charge in [-0.05, 0) is 77.1 Å². The van der Waals surface area contributed by atoms with Gasteiger partial charge in [0.15, 0.2) is 11.6 Å². The van der Waals surface area contributed by atoms with Gasteiger partial charge in [-0.25, -0.2) is 20.0 Å². The van der Waals surface area contributed by atoms with Gasteiger partial charge in [-0.2, -0.15) is 31.3 Å². The van der Waals surface area contributed by atoms with E-state index in [1.165, 1.54) is 6.07 Å². The Labute approximate surface area is 389 Å². The summed E-state index contributed by atoms with van der Waals surface area (Å²) in [6.45, 7) is 12.5. The van der Waals surface area contributed by atoms with Gasteiger partial charge in [0.2, 0.25) is 11.9 Å². The monoisotopic (exact) mass is 946 g/mol. The van der Waals surface area contributed by atoms with Gasteiger partial charge in [0, 0.05) is 62.3 Å². The lowest BCUT2D eigenvalue weighted by Crippen LogP contribution is -2.58. The number of rotatable bonds is 10. The average Bonchev–Trinajstić information content (AvgIpc) is 3.91. The number of allylic oxidation sites excluding steroid dienone is 5. The highest BCUT2D eigenvalue weighted by Gasteiger charge is 2.45. The number of carbonyl (C=O) groups is 2. The van der Waals surface area contributed by atoms with Crippen LogP contribution in [0.25, 0.3) is 11.5 Å². The Kier molecular flexibility index (Phi) is 13.4. The Morgan fingerprint density at radius 3 is 2.22 bits per heavy atom. The zero-order valence-corrected chi connectivity index (χ0v) is 38.3. The first kappa shape index (κ1) is 47.8. The van der Waals surface area contributed by atoms with E-state index in [9.17, 15) is 35.9 Å². The zero-order chi connectivity index (χ0) is 48.7. The molecule has 68 heavy (non-hydrogen) atoms. The van der Waals surface area contributed by atoms with Crippen LogP contribution in [0.3, 0.4) is 0 Å². The lowest BCUT2D eigenvalue weighted by atomic mass is 9.84. The number of amides is 2. The number of pyridine rings is 1. The number of alkyl halides is 6. The number of carbonyl (C=O) groups excluding carboxylic acids is 2. The highest BCUT2D eigenvalue weighted by molar-refractivity contribution is 6.00. The standard InChI is InChI=1S/C48H52F6N10O4/c1-26-9-12-34(36(18-26)44(65)62-16-7-8-28(3)39(62)24-56-42-14-11-32(21-55-42)47(49,50)51)41-20-29(4)64(68-41)38-15-17-63(40(30(38)5)25-59-46-57-22-33(23-58-46)48(52,53)54)45(66)37-19-27(2)10-13-35(37)43-60-31(6)61-67-43/h9-14,18-23,28,30,36,38-40H,7-8,15-17,24-25H2,1-6H3,(H,55,56)(H,57,58,59)/t28-,30-,36?,38?,39-,40-/m1/s1. The first-order chi connectivity index (χ1) is 32.3. The summed E-state index contributed by atoms with van der Waals surface area (Å²) >= 11 is 0. The molecule has 8 rings (SSSR count). The van der Waals surface area contributed by atoms with Crippen LogP contribution >= 0.6 is 0 Å². The van der Waals surface area contributed by atoms with Gasteiger partial charge >= 0.3 is 12.4 Å². The summed E-state index contributed by atoms with van der Waals surface area (Å²) in [7, 11) is 0. The van der Waals surface area contributed by atoms with Crippen molar-refractivity contribution in [2.24, 2.45) is 17.8 Å². The molecule has 4 aromatic rings. The van der Waals surface area contributed by atoms with E-state index < -0.39 is 35.4 Å². The molecule has 2 amide bonds. The van der Waals surface area contributed by atoms with Crippen LogP contribution in [-0.4, -0.2) is 96.1 Å². The van der Waals surface area contributed by atoms with Crippen molar-refractivity contribution in [2.75, 3.05) is 36.8 Å². The van der Waals surface area contributed by atoms with Crippen LogP contribution in [0, 0.1) is 31.6 Å². The normalized spacial score (nSPS) is 24.4. The summed E-state index contributed by atoms with van der Waals surface area (Å²) < 4.78 is 85.2. The SMILES string of the molecule is CC1=CC(C(=O)N2CCC[C@@H](C)[C@H]2CNc2ccc(C(F)(F)F)cn2)C(=C2C=C(C)N(C3CCN(C(=O)c4cc(C)ccc4-c4nc(C)no4)[C@H](CNc4ncc(C(F)(F)F)cn4)[C@@H]3C)O2)C=C1. The van der Waals surface area contributed by atoms with Crippen molar-refractivity contribution >= 4 is 23.6 Å². The number of likely N-dealkylation sites (tertiary alicyclic amines) is 2. The maximum Gasteiger partial charge on any atom is 0.419 e. The summed E-state index contributed by atoms with van der Waals surface area (Å²) in [5, 5.41) is 12.0. The van der Waals surface area contributed by atoms with E-state index in [1.807, 2.05) is 68.0 Å². The molecule has 3 aromatic heterocycles. The maximum atomic E-state index is 14.8. The third kappa shape index (κ3) is 10.1. The van der Waals surface area contributed by atoms with Gasteiger partial charge in [0.05, 0.1) is 52.0 Å². The molecule has 360 valence electrons. The topological polar surface area (TPSA) is 155 Å². The molecule has 6 heterocycles. The summed E-state index contributed by atoms with van der Waals surface area (Å²) in [5.74, 6) is -0.101. The number of anilines is 2. The van der Waals surface area contributed by atoms with Gasteiger partial charge < -0.3 is 29.8 Å². The molecule has 2 saturated heterocycles. The van der Waals surface area contributed by atoms with Crippen molar-refractivity contribution in [1.82, 2.24) is 40.0 Å². The van der Waals surface area contributed by atoms with Crippen LogP contribution in [0.15, 0.2) is 100 Å². The molecule has 20 heteroatoms. The fourth-order valence-corrected chi connectivity index (χ4v) is 9.45. The lowest BCUT2D eigenvalue weighted by molar-refractivity contribution is -0.140. The molecule has 1 aliphatic carbocycles. The Bertz CT molecular complexity index is 2640. The van der Waals surface area contributed by atoms with Gasteiger partial charge in [-0.15, -0.1) is 0 Å². The molecule has 4 aliphatic rings. The Morgan fingerprint density at radius 2 is 1.54 bits per heavy atom. The molecule has 3 aliphatic heterocycles. The third-order valence-corrected chi connectivity index (χ3v) is 13.2. The summed E-state index contributed by atoms with van der Waals surface area (Å²) in [4.78, 5) is 56.1. The first-order valence-electron chi connectivity index (χ1n) is 22.5. The number of halogens is 6. The Hall–Kier alpha value is -6.73. The van der Waals surface area contributed by atoms with Crippen molar-refractivity contribution in [1.29, 1.82) is 0 Å². The molecule has 2 N–H and O–H groups in total. The number of hydrogen-bond donors (Lipinski definition) is 2. The molecule has 0 saturated carbocycles. The van der Waals surface area contributed by atoms with Crippen molar-refractivity contribution in [3.05, 3.63) is 124 Å². The van der Waals surface area contributed by atoms with Gasteiger partial charge in [-0.3, -0.25) is 9.59 Å². The minimum Gasteiger partial charge on any atom is -0.379 e. The maximum absolute atomic E-state index is 14.8. The van der Waals surface area contributed by atoms with Crippen LogP contribution < -0.4 is 10.6 Å². The van der Waals surface area contributed by atoms with E-state index in [1.54, 1.807) is 24.0 Å². The minimum absolute atomic E-state index is 0.0432. The molecule has 0 bridgehead atoms. The molecule has 0 spiro atoms.